The first-order valence-electron chi connectivity index (χ1n) is 6.80. The number of ether oxygens (including phenoxy) is 3. The molecular formula is C15H15N3O4. The number of fused-ring (bicyclic) bond motifs is 1. The fourth-order valence-electron chi connectivity index (χ4n) is 2.02. The van der Waals surface area contributed by atoms with Crippen molar-refractivity contribution in [3.8, 4) is 11.5 Å². The van der Waals surface area contributed by atoms with Gasteiger partial charge in [0.05, 0.1) is 13.7 Å². The number of nitrogens with zero attached hydrogens (tertiary/aromatic N) is 2. The van der Waals surface area contributed by atoms with Crippen LogP contribution in [-0.2, 0) is 4.74 Å². The van der Waals surface area contributed by atoms with Gasteiger partial charge in [0.1, 0.15) is 18.5 Å². The highest BCUT2D eigenvalue weighted by Gasteiger charge is 2.20. The van der Waals surface area contributed by atoms with Crippen LogP contribution in [-0.4, -0.2) is 42.5 Å². The van der Waals surface area contributed by atoms with Crippen LogP contribution in [0.25, 0.3) is 0 Å². The highest BCUT2D eigenvalue weighted by Crippen LogP contribution is 2.30. The number of hydrogen-bond acceptors (Lipinski definition) is 7. The molecule has 1 aliphatic heterocycles. The normalized spacial score (nSPS) is 16.0. The van der Waals surface area contributed by atoms with Crippen molar-refractivity contribution < 1.29 is 19.0 Å². The second kappa shape index (κ2) is 6.30. The molecule has 2 aromatic rings. The number of carbonyl (C=O) groups is 1. The molecule has 1 aliphatic rings. The van der Waals surface area contributed by atoms with E-state index in [1.165, 1.54) is 7.11 Å². The fraction of sp³-hybridized carbons (Fsp3) is 0.267. The molecule has 114 valence electrons. The predicted molar refractivity (Wildman–Crippen MR) is 78.2 cm³/mol. The Kier molecular flexibility index (Phi) is 4.04. The number of aromatic nitrogens is 2. The molecule has 0 unspecified atom stereocenters. The average molecular weight is 301 g/mol. The molecule has 1 aromatic carbocycles. The summed E-state index contributed by atoms with van der Waals surface area (Å²) in [4.78, 5) is 11.3. The van der Waals surface area contributed by atoms with Crippen LogP contribution in [0.4, 0.5) is 5.82 Å². The minimum absolute atomic E-state index is 0.128. The first kappa shape index (κ1) is 14.1. The van der Waals surface area contributed by atoms with Crippen molar-refractivity contribution in [3.05, 3.63) is 42.1 Å². The first-order valence-corrected chi connectivity index (χ1v) is 6.80. The molecule has 0 radical (unpaired) electrons. The van der Waals surface area contributed by atoms with Gasteiger partial charge in [0.2, 0.25) is 0 Å². The molecule has 7 heteroatoms. The smallest absolute Gasteiger partial charge is 0.358 e. The number of esters is 1. The van der Waals surface area contributed by atoms with E-state index in [0.29, 0.717) is 19.0 Å². The molecule has 7 nitrogen and oxygen atoms in total. The molecule has 3 rings (SSSR count). The molecule has 22 heavy (non-hydrogen) atoms. The van der Waals surface area contributed by atoms with E-state index in [0.717, 1.165) is 11.5 Å². The topological polar surface area (TPSA) is 82.6 Å². The van der Waals surface area contributed by atoms with Crippen molar-refractivity contribution in [1.82, 2.24) is 10.2 Å². The molecule has 1 aromatic heterocycles. The van der Waals surface area contributed by atoms with Gasteiger partial charge in [-0.2, -0.15) is 0 Å². The number of para-hydroxylation sites is 2. The highest BCUT2D eigenvalue weighted by atomic mass is 16.6. The minimum atomic E-state index is -0.514. The average Bonchev–Trinajstić information content (AvgIpc) is 2.59. The molecule has 1 N–H and O–H groups in total. The fourth-order valence-corrected chi connectivity index (χ4v) is 2.02. The lowest BCUT2D eigenvalue weighted by Gasteiger charge is -2.26. The maximum absolute atomic E-state index is 11.3. The summed E-state index contributed by atoms with van der Waals surface area (Å²) >= 11 is 0. The summed E-state index contributed by atoms with van der Waals surface area (Å²) in [6.07, 6.45) is -0.128. The van der Waals surface area contributed by atoms with Gasteiger partial charge in [-0.05, 0) is 24.3 Å². The lowest BCUT2D eigenvalue weighted by molar-refractivity contribution is 0.0592. The van der Waals surface area contributed by atoms with E-state index in [1.54, 1.807) is 12.1 Å². The van der Waals surface area contributed by atoms with Gasteiger partial charge in [-0.1, -0.05) is 12.1 Å². The number of nitrogens with one attached hydrogen (secondary N) is 1. The van der Waals surface area contributed by atoms with Crippen LogP contribution < -0.4 is 14.8 Å². The molecule has 2 heterocycles. The maximum Gasteiger partial charge on any atom is 0.358 e. The largest absolute Gasteiger partial charge is 0.486 e. The number of carbonyl (C=O) groups excluding carboxylic acids is 1. The molecule has 0 saturated heterocycles. The van der Waals surface area contributed by atoms with Crippen molar-refractivity contribution in [2.45, 2.75) is 6.10 Å². The van der Waals surface area contributed by atoms with Crippen molar-refractivity contribution in [2.24, 2.45) is 0 Å². The Morgan fingerprint density at radius 1 is 1.27 bits per heavy atom. The van der Waals surface area contributed by atoms with Crippen molar-refractivity contribution in [3.63, 3.8) is 0 Å². The summed E-state index contributed by atoms with van der Waals surface area (Å²) in [5.41, 5.74) is 0.166. The van der Waals surface area contributed by atoms with Crippen LogP contribution in [0.15, 0.2) is 36.4 Å². The van der Waals surface area contributed by atoms with Gasteiger partial charge in [0.25, 0.3) is 0 Å². The van der Waals surface area contributed by atoms with Crippen molar-refractivity contribution in [1.29, 1.82) is 0 Å². The second-order valence-corrected chi connectivity index (χ2v) is 4.67. The van der Waals surface area contributed by atoms with Crippen LogP contribution in [0.2, 0.25) is 0 Å². The Labute approximate surface area is 127 Å². The third-order valence-electron chi connectivity index (χ3n) is 3.14. The van der Waals surface area contributed by atoms with Crippen LogP contribution >= 0.6 is 0 Å². The number of anilines is 1. The monoisotopic (exact) mass is 301 g/mol. The quantitative estimate of drug-likeness (QED) is 0.857. The zero-order chi connectivity index (χ0) is 15.4. The molecule has 0 aliphatic carbocycles. The molecule has 1 atom stereocenters. The van der Waals surface area contributed by atoms with Gasteiger partial charge in [0.15, 0.2) is 17.2 Å². The van der Waals surface area contributed by atoms with Gasteiger partial charge in [-0.3, -0.25) is 0 Å². The third kappa shape index (κ3) is 3.08. The molecule has 0 fully saturated rings. The zero-order valence-corrected chi connectivity index (χ0v) is 12.0. The second-order valence-electron chi connectivity index (χ2n) is 4.67. The van der Waals surface area contributed by atoms with Gasteiger partial charge in [-0.25, -0.2) is 4.79 Å². The van der Waals surface area contributed by atoms with Gasteiger partial charge < -0.3 is 19.5 Å². The Morgan fingerprint density at radius 2 is 2.09 bits per heavy atom. The Bertz CT molecular complexity index is 660. The summed E-state index contributed by atoms with van der Waals surface area (Å²) in [6, 6.07) is 10.8. The van der Waals surface area contributed by atoms with E-state index >= 15 is 0 Å². The van der Waals surface area contributed by atoms with Gasteiger partial charge >= 0.3 is 5.97 Å². The van der Waals surface area contributed by atoms with Crippen LogP contribution in [0, 0.1) is 0 Å². The summed E-state index contributed by atoms with van der Waals surface area (Å²) in [5, 5.41) is 10.8. The molecular weight excluding hydrogens is 286 g/mol. The number of benzene rings is 1. The summed E-state index contributed by atoms with van der Waals surface area (Å²) in [7, 11) is 1.30. The third-order valence-corrected chi connectivity index (χ3v) is 3.14. The summed E-state index contributed by atoms with van der Waals surface area (Å²) < 4.78 is 16.0. The Morgan fingerprint density at radius 3 is 2.82 bits per heavy atom. The van der Waals surface area contributed by atoms with E-state index in [4.69, 9.17) is 9.47 Å². The standard InChI is InChI=1S/C15H15N3O4/c1-20-15(19)11-6-7-14(18-17-11)16-8-10-9-21-12-4-2-3-5-13(12)22-10/h2-7,10H,8-9H2,1H3,(H,16,18)/t10-/m0/s1. The van der Waals surface area contributed by atoms with E-state index in [2.05, 4.69) is 20.3 Å². The Hall–Kier alpha value is -2.83. The Balaban J connectivity index is 1.56. The SMILES string of the molecule is COC(=O)c1ccc(NC[C@H]2COc3ccccc3O2)nn1. The van der Waals surface area contributed by atoms with Crippen LogP contribution in [0.3, 0.4) is 0 Å². The number of hydrogen-bond donors (Lipinski definition) is 1. The minimum Gasteiger partial charge on any atom is -0.486 e. The summed E-state index contributed by atoms with van der Waals surface area (Å²) in [6.45, 7) is 0.971. The number of rotatable bonds is 4. The molecule has 0 bridgehead atoms. The van der Waals surface area contributed by atoms with Crippen molar-refractivity contribution >= 4 is 11.8 Å². The van der Waals surface area contributed by atoms with Crippen LogP contribution in [0.1, 0.15) is 10.5 Å². The molecule has 0 saturated carbocycles. The first-order chi connectivity index (χ1) is 10.8. The van der Waals surface area contributed by atoms with Crippen LogP contribution in [0.5, 0.6) is 11.5 Å². The molecule has 0 spiro atoms. The van der Waals surface area contributed by atoms with E-state index in [-0.39, 0.29) is 11.8 Å². The zero-order valence-electron chi connectivity index (χ0n) is 12.0. The lowest BCUT2D eigenvalue weighted by Crippen LogP contribution is -2.35. The predicted octanol–water partition coefficient (Wildman–Crippen LogP) is 1.52. The van der Waals surface area contributed by atoms with Gasteiger partial charge in [0, 0.05) is 0 Å². The van der Waals surface area contributed by atoms with Crippen molar-refractivity contribution in [2.75, 3.05) is 25.6 Å². The van der Waals surface area contributed by atoms with E-state index in [1.807, 2.05) is 24.3 Å². The molecule has 0 amide bonds. The maximum atomic E-state index is 11.3. The number of methoxy groups -OCH3 is 1. The van der Waals surface area contributed by atoms with E-state index in [9.17, 15) is 4.79 Å². The van der Waals surface area contributed by atoms with Gasteiger partial charge in [-0.15, -0.1) is 10.2 Å². The summed E-state index contributed by atoms with van der Waals surface area (Å²) in [5.74, 6) is 1.52. The highest BCUT2D eigenvalue weighted by molar-refractivity contribution is 5.86. The van der Waals surface area contributed by atoms with E-state index < -0.39 is 5.97 Å². The lowest BCUT2D eigenvalue weighted by atomic mass is 10.2.